The smallest absolute Gasteiger partial charge is 0.317 e. The molecular weight excluding hydrogens is 348 g/mol. The van der Waals surface area contributed by atoms with E-state index in [1.165, 1.54) is 12.3 Å². The highest BCUT2D eigenvalue weighted by atomic mass is 16.5. The lowest BCUT2D eigenvalue weighted by Crippen LogP contribution is -2.33. The van der Waals surface area contributed by atoms with E-state index in [0.29, 0.717) is 23.7 Å². The van der Waals surface area contributed by atoms with Crippen molar-refractivity contribution in [1.82, 2.24) is 0 Å². The summed E-state index contributed by atoms with van der Waals surface area (Å²) >= 11 is 0. The molecule has 0 radical (unpaired) electrons. The van der Waals surface area contributed by atoms with Gasteiger partial charge in [0.1, 0.15) is 23.2 Å². The topological polar surface area (TPSA) is 75.0 Å². The summed E-state index contributed by atoms with van der Waals surface area (Å²) in [7, 11) is 3.14. The lowest BCUT2D eigenvalue weighted by Gasteiger charge is -2.28. The van der Waals surface area contributed by atoms with E-state index < -0.39 is 17.8 Å². The minimum Gasteiger partial charge on any atom is -0.497 e. The summed E-state index contributed by atoms with van der Waals surface area (Å²) in [6.07, 6.45) is 3.49. The number of esters is 1. The SMILES string of the molecule is CCOC(=O)[C@H]1C(=O)C=C(c2ccc(OC)cc2OC)C[C@@H]1c1ccco1. The van der Waals surface area contributed by atoms with Gasteiger partial charge in [0.05, 0.1) is 27.1 Å². The van der Waals surface area contributed by atoms with Gasteiger partial charge in [-0.2, -0.15) is 0 Å². The van der Waals surface area contributed by atoms with Crippen LogP contribution in [0.2, 0.25) is 0 Å². The molecule has 1 heterocycles. The van der Waals surface area contributed by atoms with Gasteiger partial charge in [-0.3, -0.25) is 9.59 Å². The number of furan rings is 1. The van der Waals surface area contributed by atoms with Gasteiger partial charge in [0.2, 0.25) is 0 Å². The number of ether oxygens (including phenoxy) is 3. The molecule has 1 aromatic heterocycles. The zero-order valence-corrected chi connectivity index (χ0v) is 15.6. The normalized spacial score (nSPS) is 19.4. The third-order valence-electron chi connectivity index (χ3n) is 4.67. The Labute approximate surface area is 157 Å². The molecule has 2 aromatic rings. The highest BCUT2D eigenvalue weighted by Crippen LogP contribution is 2.43. The second-order valence-electron chi connectivity index (χ2n) is 6.19. The average Bonchev–Trinajstić information content (AvgIpc) is 3.21. The molecule has 0 N–H and O–H groups in total. The molecule has 0 amide bonds. The number of carbonyl (C=O) groups excluding carboxylic acids is 2. The number of hydrogen-bond donors (Lipinski definition) is 0. The van der Waals surface area contributed by atoms with E-state index in [1.54, 1.807) is 39.3 Å². The lowest BCUT2D eigenvalue weighted by atomic mass is 9.75. The molecule has 1 aliphatic rings. The van der Waals surface area contributed by atoms with Crippen molar-refractivity contribution >= 4 is 17.3 Å². The molecule has 0 unspecified atom stereocenters. The Balaban J connectivity index is 2.03. The Kier molecular flexibility index (Phi) is 5.64. The molecule has 0 bridgehead atoms. The van der Waals surface area contributed by atoms with Crippen LogP contribution in [0.3, 0.4) is 0 Å². The monoisotopic (exact) mass is 370 g/mol. The summed E-state index contributed by atoms with van der Waals surface area (Å²) in [5, 5.41) is 0. The first-order valence-electron chi connectivity index (χ1n) is 8.75. The van der Waals surface area contributed by atoms with Gasteiger partial charge >= 0.3 is 5.97 Å². The van der Waals surface area contributed by atoms with Gasteiger partial charge in [-0.1, -0.05) is 0 Å². The van der Waals surface area contributed by atoms with Gasteiger partial charge in [-0.05, 0) is 49.3 Å². The summed E-state index contributed by atoms with van der Waals surface area (Å²) in [5.74, 6) is -0.330. The molecule has 27 heavy (non-hydrogen) atoms. The first kappa shape index (κ1) is 18.8. The molecule has 0 saturated heterocycles. The standard InChI is InChI=1S/C21H22O6/c1-4-26-21(23)20-16(18-6-5-9-27-18)10-13(11-17(20)22)15-8-7-14(24-2)12-19(15)25-3/h5-9,11-12,16,20H,4,10H2,1-3H3/t16-,20-/m1/s1. The van der Waals surface area contributed by atoms with Crippen LogP contribution in [-0.4, -0.2) is 32.6 Å². The van der Waals surface area contributed by atoms with E-state index in [0.717, 1.165) is 11.1 Å². The third-order valence-corrected chi connectivity index (χ3v) is 4.67. The highest BCUT2D eigenvalue weighted by molar-refractivity contribution is 6.10. The minimum atomic E-state index is -0.913. The van der Waals surface area contributed by atoms with Crippen molar-refractivity contribution in [1.29, 1.82) is 0 Å². The van der Waals surface area contributed by atoms with Crippen molar-refractivity contribution < 1.29 is 28.2 Å². The summed E-state index contributed by atoms with van der Waals surface area (Å²) < 4.78 is 21.3. The van der Waals surface area contributed by atoms with Crippen LogP contribution in [0.25, 0.3) is 5.57 Å². The molecule has 1 aliphatic carbocycles. The maximum Gasteiger partial charge on any atom is 0.317 e. The molecule has 0 fully saturated rings. The van der Waals surface area contributed by atoms with Crippen LogP contribution in [0.1, 0.15) is 30.6 Å². The predicted octanol–water partition coefficient (Wildman–Crippen LogP) is 3.62. The number of carbonyl (C=O) groups is 2. The number of rotatable bonds is 6. The van der Waals surface area contributed by atoms with Crippen molar-refractivity contribution in [2.45, 2.75) is 19.3 Å². The van der Waals surface area contributed by atoms with Crippen LogP contribution in [-0.2, 0) is 14.3 Å². The van der Waals surface area contributed by atoms with Crippen LogP contribution in [0.15, 0.2) is 47.1 Å². The molecule has 0 aliphatic heterocycles. The molecule has 0 saturated carbocycles. The van der Waals surface area contributed by atoms with Gasteiger partial charge in [-0.15, -0.1) is 0 Å². The Morgan fingerprint density at radius 3 is 2.67 bits per heavy atom. The fraction of sp³-hybridized carbons (Fsp3) is 0.333. The Morgan fingerprint density at radius 2 is 2.04 bits per heavy atom. The lowest BCUT2D eigenvalue weighted by molar-refractivity contribution is -0.151. The van der Waals surface area contributed by atoms with E-state index in [-0.39, 0.29) is 12.4 Å². The molecule has 3 rings (SSSR count). The van der Waals surface area contributed by atoms with Gasteiger partial charge in [0.25, 0.3) is 0 Å². The number of ketones is 1. The molecule has 6 nitrogen and oxygen atoms in total. The van der Waals surface area contributed by atoms with Crippen molar-refractivity contribution in [3.05, 3.63) is 54.0 Å². The second-order valence-corrected chi connectivity index (χ2v) is 6.19. The fourth-order valence-corrected chi connectivity index (χ4v) is 3.40. The van der Waals surface area contributed by atoms with E-state index in [2.05, 4.69) is 0 Å². The van der Waals surface area contributed by atoms with Crippen LogP contribution >= 0.6 is 0 Å². The summed E-state index contributed by atoms with van der Waals surface area (Å²) in [5.41, 5.74) is 1.56. The van der Waals surface area contributed by atoms with Gasteiger partial charge in [0.15, 0.2) is 5.78 Å². The maximum atomic E-state index is 12.8. The van der Waals surface area contributed by atoms with E-state index in [9.17, 15) is 9.59 Å². The molecule has 2 atom stereocenters. The van der Waals surface area contributed by atoms with E-state index in [4.69, 9.17) is 18.6 Å². The third kappa shape index (κ3) is 3.74. The van der Waals surface area contributed by atoms with Gasteiger partial charge in [-0.25, -0.2) is 0 Å². The summed E-state index contributed by atoms with van der Waals surface area (Å²) in [4.78, 5) is 25.2. The van der Waals surface area contributed by atoms with E-state index >= 15 is 0 Å². The Hall–Kier alpha value is -3.02. The fourth-order valence-electron chi connectivity index (χ4n) is 3.40. The largest absolute Gasteiger partial charge is 0.497 e. The zero-order valence-electron chi connectivity index (χ0n) is 15.6. The van der Waals surface area contributed by atoms with Crippen molar-refractivity contribution in [3.8, 4) is 11.5 Å². The number of hydrogen-bond acceptors (Lipinski definition) is 6. The first-order chi connectivity index (χ1) is 13.1. The van der Waals surface area contributed by atoms with Crippen molar-refractivity contribution in [2.75, 3.05) is 20.8 Å². The average molecular weight is 370 g/mol. The van der Waals surface area contributed by atoms with Crippen LogP contribution in [0, 0.1) is 5.92 Å². The second kappa shape index (κ2) is 8.12. The van der Waals surface area contributed by atoms with E-state index in [1.807, 2.05) is 12.1 Å². The molecule has 142 valence electrons. The quantitative estimate of drug-likeness (QED) is 0.571. The molecular formula is C21H22O6. The van der Waals surface area contributed by atoms with Crippen molar-refractivity contribution in [2.24, 2.45) is 5.92 Å². The van der Waals surface area contributed by atoms with Crippen LogP contribution in [0.4, 0.5) is 0 Å². The molecule has 1 aromatic carbocycles. The number of methoxy groups -OCH3 is 2. The zero-order chi connectivity index (χ0) is 19.4. The Bertz CT molecular complexity index is 850. The van der Waals surface area contributed by atoms with Crippen LogP contribution in [0.5, 0.6) is 11.5 Å². The summed E-state index contributed by atoms with van der Waals surface area (Å²) in [6.45, 7) is 1.94. The first-order valence-corrected chi connectivity index (χ1v) is 8.75. The summed E-state index contributed by atoms with van der Waals surface area (Å²) in [6, 6.07) is 8.94. The minimum absolute atomic E-state index is 0.219. The predicted molar refractivity (Wildman–Crippen MR) is 98.7 cm³/mol. The Morgan fingerprint density at radius 1 is 1.22 bits per heavy atom. The maximum absolute atomic E-state index is 12.8. The molecule has 6 heteroatoms. The highest BCUT2D eigenvalue weighted by Gasteiger charge is 2.41. The number of allylic oxidation sites excluding steroid dienone is 2. The molecule has 0 spiro atoms. The van der Waals surface area contributed by atoms with Gasteiger partial charge < -0.3 is 18.6 Å². The van der Waals surface area contributed by atoms with Gasteiger partial charge in [0, 0.05) is 17.5 Å². The van der Waals surface area contributed by atoms with Crippen LogP contribution < -0.4 is 9.47 Å². The van der Waals surface area contributed by atoms with Crippen molar-refractivity contribution in [3.63, 3.8) is 0 Å². The number of benzene rings is 1.